The van der Waals surface area contributed by atoms with E-state index in [1.165, 1.54) is 0 Å². The van der Waals surface area contributed by atoms with E-state index in [0.717, 1.165) is 21.9 Å². The van der Waals surface area contributed by atoms with Gasteiger partial charge in [-0.1, -0.05) is 78.0 Å². The zero-order chi connectivity index (χ0) is 21.6. The van der Waals surface area contributed by atoms with E-state index in [1.807, 2.05) is 60.7 Å². The summed E-state index contributed by atoms with van der Waals surface area (Å²) in [4.78, 5) is 28.0. The van der Waals surface area contributed by atoms with Gasteiger partial charge in [-0.3, -0.25) is 9.59 Å². The lowest BCUT2D eigenvalue weighted by molar-refractivity contribution is -0.118. The van der Waals surface area contributed by atoms with Crippen molar-refractivity contribution in [3.05, 3.63) is 102 Å². The molecule has 0 saturated carbocycles. The highest BCUT2D eigenvalue weighted by atomic mass is 16.5. The van der Waals surface area contributed by atoms with E-state index in [4.69, 9.17) is 10.3 Å². The smallest absolute Gasteiger partial charge is 0.290 e. The second-order valence-electron chi connectivity index (χ2n) is 7.16. The Hall–Kier alpha value is -4.00. The van der Waals surface area contributed by atoms with Crippen molar-refractivity contribution < 1.29 is 14.1 Å². The van der Waals surface area contributed by atoms with Gasteiger partial charge in [0.05, 0.1) is 6.42 Å². The first-order chi connectivity index (χ1) is 15.1. The minimum absolute atomic E-state index is 0.130. The minimum Gasteiger partial charge on any atom is -0.363 e. The van der Waals surface area contributed by atoms with Gasteiger partial charge in [0.15, 0.2) is 0 Å². The van der Waals surface area contributed by atoms with Crippen LogP contribution in [0.5, 0.6) is 0 Å². The molecule has 3 aromatic carbocycles. The van der Waals surface area contributed by atoms with Gasteiger partial charge in [0.1, 0.15) is 6.04 Å². The molecule has 1 heterocycles. The molecule has 1 atom stereocenters. The molecule has 4 rings (SSSR count). The number of nitrogens with zero attached hydrogens (tertiary/aromatic N) is 2. The van der Waals surface area contributed by atoms with Crippen LogP contribution in [0.2, 0.25) is 0 Å². The third-order valence-electron chi connectivity index (χ3n) is 4.90. The molecule has 1 radical (unpaired) electrons. The SMILES string of the molecule is NC(=O)c1noc([C@@H](Cc2ccccc2)NC(=O)[CH]Cc2ccc3ccccc3c2)n1. The molecule has 0 aliphatic heterocycles. The van der Waals surface area contributed by atoms with Gasteiger partial charge in [0, 0.05) is 6.42 Å². The number of benzene rings is 3. The Bertz CT molecular complexity index is 1200. The molecule has 0 unspecified atom stereocenters. The molecular formula is C24H21N4O3. The first-order valence-electron chi connectivity index (χ1n) is 9.87. The molecule has 0 saturated heterocycles. The van der Waals surface area contributed by atoms with Crippen molar-refractivity contribution in [3.63, 3.8) is 0 Å². The van der Waals surface area contributed by atoms with Crippen LogP contribution in [-0.4, -0.2) is 22.0 Å². The average Bonchev–Trinajstić information content (AvgIpc) is 3.29. The van der Waals surface area contributed by atoms with Gasteiger partial charge in [-0.15, -0.1) is 0 Å². The summed E-state index contributed by atoms with van der Waals surface area (Å²) in [5.74, 6) is -1.15. The molecule has 7 heteroatoms. The van der Waals surface area contributed by atoms with E-state index in [2.05, 4.69) is 27.6 Å². The minimum atomic E-state index is -0.789. The molecule has 4 aromatic rings. The third kappa shape index (κ3) is 5.14. The topological polar surface area (TPSA) is 111 Å². The molecule has 0 bridgehead atoms. The molecule has 0 fully saturated rings. The number of carbonyl (C=O) groups is 2. The Kier molecular flexibility index (Phi) is 6.03. The summed E-state index contributed by atoms with van der Waals surface area (Å²) in [5.41, 5.74) is 7.22. The molecule has 31 heavy (non-hydrogen) atoms. The van der Waals surface area contributed by atoms with Crippen LogP contribution < -0.4 is 11.1 Å². The summed E-state index contributed by atoms with van der Waals surface area (Å²) in [7, 11) is 0. The second-order valence-corrected chi connectivity index (χ2v) is 7.16. The summed E-state index contributed by atoms with van der Waals surface area (Å²) >= 11 is 0. The second kappa shape index (κ2) is 9.21. The van der Waals surface area contributed by atoms with E-state index < -0.39 is 11.9 Å². The fourth-order valence-corrected chi connectivity index (χ4v) is 3.33. The number of aromatic nitrogens is 2. The van der Waals surface area contributed by atoms with Gasteiger partial charge in [-0.05, 0) is 28.3 Å². The highest BCUT2D eigenvalue weighted by molar-refractivity contribution is 5.88. The molecule has 3 N–H and O–H groups in total. The first-order valence-corrected chi connectivity index (χ1v) is 9.87. The maximum Gasteiger partial charge on any atom is 0.290 e. The Morgan fingerprint density at radius 1 is 0.968 bits per heavy atom. The summed E-state index contributed by atoms with van der Waals surface area (Å²) in [5, 5.41) is 8.76. The molecule has 1 aromatic heterocycles. The predicted octanol–water partition coefficient (Wildman–Crippen LogP) is 3.17. The van der Waals surface area contributed by atoms with Crippen molar-refractivity contribution in [2.75, 3.05) is 0 Å². The number of hydrogen-bond donors (Lipinski definition) is 2. The van der Waals surface area contributed by atoms with Gasteiger partial charge in [-0.2, -0.15) is 4.98 Å². The number of fused-ring (bicyclic) bond motifs is 1. The maximum absolute atomic E-state index is 12.6. The average molecular weight is 413 g/mol. The van der Waals surface area contributed by atoms with Gasteiger partial charge in [-0.25, -0.2) is 0 Å². The molecule has 7 nitrogen and oxygen atoms in total. The fraction of sp³-hybridized carbons (Fsp3) is 0.125. The predicted molar refractivity (Wildman–Crippen MR) is 116 cm³/mol. The van der Waals surface area contributed by atoms with Crippen LogP contribution in [0.15, 0.2) is 77.3 Å². The van der Waals surface area contributed by atoms with Crippen LogP contribution >= 0.6 is 0 Å². The quantitative estimate of drug-likeness (QED) is 0.461. The zero-order valence-electron chi connectivity index (χ0n) is 16.7. The molecule has 0 aliphatic rings. The monoisotopic (exact) mass is 413 g/mol. The van der Waals surface area contributed by atoms with Crippen LogP contribution in [0.1, 0.15) is 33.7 Å². The molecule has 2 amide bonds. The molecule has 0 aliphatic carbocycles. The highest BCUT2D eigenvalue weighted by Gasteiger charge is 2.23. The van der Waals surface area contributed by atoms with Crippen LogP contribution in [0.4, 0.5) is 0 Å². The number of nitrogens with one attached hydrogen (secondary N) is 1. The lowest BCUT2D eigenvalue weighted by Crippen LogP contribution is -2.31. The summed E-state index contributed by atoms with van der Waals surface area (Å²) < 4.78 is 5.18. The van der Waals surface area contributed by atoms with Gasteiger partial charge in [0.2, 0.25) is 11.8 Å². The lowest BCUT2D eigenvalue weighted by Gasteiger charge is -2.15. The number of rotatable bonds is 8. The highest BCUT2D eigenvalue weighted by Crippen LogP contribution is 2.19. The fourth-order valence-electron chi connectivity index (χ4n) is 3.33. The summed E-state index contributed by atoms with van der Waals surface area (Å²) in [6, 6.07) is 23.2. The van der Waals surface area contributed by atoms with Gasteiger partial charge < -0.3 is 15.6 Å². The van der Waals surface area contributed by atoms with Crippen LogP contribution in [0, 0.1) is 6.42 Å². The Labute approximate surface area is 179 Å². The Balaban J connectivity index is 1.45. The largest absolute Gasteiger partial charge is 0.363 e. The van der Waals surface area contributed by atoms with Gasteiger partial charge >= 0.3 is 0 Å². The third-order valence-corrected chi connectivity index (χ3v) is 4.90. The van der Waals surface area contributed by atoms with Crippen molar-refractivity contribution in [2.45, 2.75) is 18.9 Å². The van der Waals surface area contributed by atoms with Crippen molar-refractivity contribution >= 4 is 22.6 Å². The van der Waals surface area contributed by atoms with Crippen molar-refractivity contribution in [1.29, 1.82) is 0 Å². The Morgan fingerprint density at radius 2 is 1.71 bits per heavy atom. The number of amides is 2. The van der Waals surface area contributed by atoms with E-state index in [9.17, 15) is 9.59 Å². The van der Waals surface area contributed by atoms with E-state index >= 15 is 0 Å². The van der Waals surface area contributed by atoms with E-state index in [-0.39, 0.29) is 17.6 Å². The van der Waals surface area contributed by atoms with E-state index in [0.29, 0.717) is 12.8 Å². The number of nitrogens with two attached hydrogens (primary N) is 1. The first kappa shape index (κ1) is 20.3. The standard InChI is InChI=1S/C24H21N4O3/c25-22(30)23-27-24(31-28-23)20(15-16-6-2-1-3-7-16)26-21(29)13-11-17-10-12-18-8-4-5-9-19(18)14-17/h1-10,12-14,20H,11,15H2,(H2,25,30)(H,26,29)/t20-/m1/s1. The summed E-state index contributed by atoms with van der Waals surface area (Å²) in [6.07, 6.45) is 2.48. The Morgan fingerprint density at radius 3 is 2.45 bits per heavy atom. The van der Waals surface area contributed by atoms with Gasteiger partial charge in [0.25, 0.3) is 11.7 Å². The lowest BCUT2D eigenvalue weighted by atomic mass is 10.0. The van der Waals surface area contributed by atoms with Crippen LogP contribution in [0.25, 0.3) is 10.8 Å². The molecule has 0 spiro atoms. The molecule has 155 valence electrons. The van der Waals surface area contributed by atoms with Crippen LogP contribution in [0.3, 0.4) is 0 Å². The van der Waals surface area contributed by atoms with Crippen LogP contribution in [-0.2, 0) is 17.6 Å². The zero-order valence-corrected chi connectivity index (χ0v) is 16.7. The molecular weight excluding hydrogens is 392 g/mol. The number of hydrogen-bond acceptors (Lipinski definition) is 5. The number of primary amides is 1. The number of carbonyl (C=O) groups excluding carboxylic acids is 2. The van der Waals surface area contributed by atoms with E-state index in [1.54, 1.807) is 6.42 Å². The normalized spacial score (nSPS) is 11.9. The summed E-state index contributed by atoms with van der Waals surface area (Å²) in [6.45, 7) is 0. The maximum atomic E-state index is 12.6. The van der Waals surface area contributed by atoms with Crippen molar-refractivity contribution in [3.8, 4) is 0 Å². The van der Waals surface area contributed by atoms with Crippen molar-refractivity contribution in [1.82, 2.24) is 15.5 Å². The van der Waals surface area contributed by atoms with Crippen molar-refractivity contribution in [2.24, 2.45) is 5.73 Å².